The zero-order valence-corrected chi connectivity index (χ0v) is 10.4. The summed E-state index contributed by atoms with van der Waals surface area (Å²) in [5.41, 5.74) is 2.13. The van der Waals surface area contributed by atoms with Gasteiger partial charge in [-0.1, -0.05) is 0 Å². The van der Waals surface area contributed by atoms with Gasteiger partial charge in [-0.3, -0.25) is 9.89 Å². The van der Waals surface area contributed by atoms with Crippen LogP contribution in [0.5, 0.6) is 0 Å². The number of carbonyl (C=O) groups excluding carboxylic acids is 1. The highest BCUT2D eigenvalue weighted by atomic mass is 16.2. The zero-order chi connectivity index (χ0) is 12.1. The summed E-state index contributed by atoms with van der Waals surface area (Å²) >= 11 is 0. The van der Waals surface area contributed by atoms with Gasteiger partial charge in [0.1, 0.15) is 0 Å². The van der Waals surface area contributed by atoms with Crippen molar-refractivity contribution in [1.29, 1.82) is 0 Å². The van der Waals surface area contributed by atoms with Gasteiger partial charge in [0.05, 0.1) is 12.2 Å². The Kier molecular flexibility index (Phi) is 4.49. The van der Waals surface area contributed by atoms with E-state index in [1.54, 1.807) is 11.1 Å². The lowest BCUT2D eigenvalue weighted by atomic mass is 10.2. The third-order valence-electron chi connectivity index (χ3n) is 2.75. The first-order valence-electron chi connectivity index (χ1n) is 5.53. The molecule has 1 aromatic rings. The fraction of sp³-hybridized carbons (Fsp3) is 0.636. The fourth-order valence-corrected chi connectivity index (χ4v) is 1.39. The molecule has 1 atom stereocenters. The molecule has 2 N–H and O–H groups in total. The number of aromatic nitrogens is 2. The molecule has 0 aliphatic rings. The number of carbonyl (C=O) groups is 1. The van der Waals surface area contributed by atoms with Crippen LogP contribution in [0.1, 0.15) is 25.1 Å². The first kappa shape index (κ1) is 12.7. The lowest BCUT2D eigenvalue weighted by molar-refractivity contribution is -0.131. The van der Waals surface area contributed by atoms with Gasteiger partial charge in [0.15, 0.2) is 0 Å². The summed E-state index contributed by atoms with van der Waals surface area (Å²) in [4.78, 5) is 13.5. The van der Waals surface area contributed by atoms with Crippen molar-refractivity contribution in [3.63, 3.8) is 0 Å². The van der Waals surface area contributed by atoms with Crippen LogP contribution in [-0.4, -0.2) is 40.6 Å². The summed E-state index contributed by atoms with van der Waals surface area (Å²) in [6.45, 7) is 7.20. The molecule has 0 aliphatic heterocycles. The molecule has 1 heterocycles. The first-order chi connectivity index (χ1) is 7.56. The van der Waals surface area contributed by atoms with E-state index in [0.717, 1.165) is 17.8 Å². The minimum atomic E-state index is -0.167. The highest BCUT2D eigenvalue weighted by Crippen LogP contribution is 2.02. The molecule has 5 heteroatoms. The average molecular weight is 224 g/mol. The molecule has 1 amide bonds. The predicted octanol–water partition coefficient (Wildman–Crippen LogP) is 0.675. The van der Waals surface area contributed by atoms with Crippen LogP contribution < -0.4 is 5.32 Å². The molecular formula is C11H20N4O. The van der Waals surface area contributed by atoms with Crippen LogP contribution >= 0.6 is 0 Å². The molecule has 16 heavy (non-hydrogen) atoms. The van der Waals surface area contributed by atoms with E-state index in [2.05, 4.69) is 15.5 Å². The van der Waals surface area contributed by atoms with Crippen LogP contribution in [0.2, 0.25) is 0 Å². The molecule has 1 rings (SSSR count). The van der Waals surface area contributed by atoms with Crippen molar-refractivity contribution in [3.8, 4) is 0 Å². The molecule has 5 nitrogen and oxygen atoms in total. The predicted molar refractivity (Wildman–Crippen MR) is 62.9 cm³/mol. The van der Waals surface area contributed by atoms with E-state index >= 15 is 0 Å². The lowest BCUT2D eigenvalue weighted by Crippen LogP contribution is -2.42. The molecule has 1 unspecified atom stereocenters. The first-order valence-corrected chi connectivity index (χ1v) is 5.53. The van der Waals surface area contributed by atoms with E-state index in [0.29, 0.717) is 6.54 Å². The maximum Gasteiger partial charge on any atom is 0.239 e. The number of aromatic amines is 1. The van der Waals surface area contributed by atoms with Gasteiger partial charge in [0.2, 0.25) is 5.91 Å². The quantitative estimate of drug-likeness (QED) is 0.773. The number of nitrogens with one attached hydrogen (secondary N) is 2. The van der Waals surface area contributed by atoms with Gasteiger partial charge in [0, 0.05) is 31.4 Å². The van der Waals surface area contributed by atoms with E-state index in [-0.39, 0.29) is 11.9 Å². The molecule has 0 radical (unpaired) electrons. The maximum absolute atomic E-state index is 11.8. The van der Waals surface area contributed by atoms with Gasteiger partial charge in [-0.2, -0.15) is 5.10 Å². The molecule has 0 aliphatic carbocycles. The van der Waals surface area contributed by atoms with E-state index < -0.39 is 0 Å². The number of hydrogen-bond acceptors (Lipinski definition) is 3. The van der Waals surface area contributed by atoms with E-state index in [4.69, 9.17) is 0 Å². The van der Waals surface area contributed by atoms with Gasteiger partial charge in [-0.15, -0.1) is 0 Å². The monoisotopic (exact) mass is 224 g/mol. The summed E-state index contributed by atoms with van der Waals surface area (Å²) in [6.07, 6.45) is 1.78. The van der Waals surface area contributed by atoms with Gasteiger partial charge in [-0.05, 0) is 20.8 Å². The molecule has 0 saturated carbocycles. The largest absolute Gasteiger partial charge is 0.345 e. The Labute approximate surface area is 96.2 Å². The standard InChI is InChI=1S/C11H20N4O/c1-5-15(4)11(16)9(3)12-6-10-7-13-14-8(10)2/h7,9,12H,5-6H2,1-4H3,(H,13,14). The Bertz CT molecular complexity index is 348. The lowest BCUT2D eigenvalue weighted by Gasteiger charge is -2.20. The van der Waals surface area contributed by atoms with E-state index in [1.807, 2.05) is 27.8 Å². The molecule has 90 valence electrons. The van der Waals surface area contributed by atoms with Crippen molar-refractivity contribution >= 4 is 5.91 Å². The number of nitrogens with zero attached hydrogens (tertiary/aromatic N) is 2. The van der Waals surface area contributed by atoms with Crippen LogP contribution in [0.3, 0.4) is 0 Å². The maximum atomic E-state index is 11.8. The fourth-order valence-electron chi connectivity index (χ4n) is 1.39. The van der Waals surface area contributed by atoms with Crippen molar-refractivity contribution in [2.24, 2.45) is 0 Å². The minimum Gasteiger partial charge on any atom is -0.345 e. The van der Waals surface area contributed by atoms with Gasteiger partial charge in [-0.25, -0.2) is 0 Å². The number of likely N-dealkylation sites (N-methyl/N-ethyl adjacent to an activating group) is 1. The molecule has 1 aromatic heterocycles. The normalized spacial score (nSPS) is 12.5. The molecule has 0 fully saturated rings. The summed E-state index contributed by atoms with van der Waals surface area (Å²) in [5.74, 6) is 0.114. The summed E-state index contributed by atoms with van der Waals surface area (Å²) in [5, 5.41) is 10.00. The van der Waals surface area contributed by atoms with Crippen LogP contribution in [0, 0.1) is 6.92 Å². The Balaban J connectivity index is 2.44. The van der Waals surface area contributed by atoms with Gasteiger partial charge >= 0.3 is 0 Å². The summed E-state index contributed by atoms with van der Waals surface area (Å²) < 4.78 is 0. The van der Waals surface area contributed by atoms with Crippen molar-refractivity contribution in [1.82, 2.24) is 20.4 Å². The number of hydrogen-bond donors (Lipinski definition) is 2. The van der Waals surface area contributed by atoms with Crippen LogP contribution in [0.25, 0.3) is 0 Å². The molecule has 0 aromatic carbocycles. The average Bonchev–Trinajstić information content (AvgIpc) is 2.69. The highest BCUT2D eigenvalue weighted by molar-refractivity contribution is 5.81. The highest BCUT2D eigenvalue weighted by Gasteiger charge is 2.15. The Morgan fingerprint density at radius 1 is 1.69 bits per heavy atom. The van der Waals surface area contributed by atoms with Crippen LogP contribution in [0.4, 0.5) is 0 Å². The van der Waals surface area contributed by atoms with Gasteiger partial charge in [0.25, 0.3) is 0 Å². The van der Waals surface area contributed by atoms with E-state index in [9.17, 15) is 4.79 Å². The Hall–Kier alpha value is -1.36. The number of amides is 1. The SMILES string of the molecule is CCN(C)C(=O)C(C)NCc1cn[nH]c1C. The number of H-pyrrole nitrogens is 1. The third-order valence-corrected chi connectivity index (χ3v) is 2.75. The smallest absolute Gasteiger partial charge is 0.239 e. The second-order valence-corrected chi connectivity index (χ2v) is 3.98. The van der Waals surface area contributed by atoms with Crippen LogP contribution in [-0.2, 0) is 11.3 Å². The zero-order valence-electron chi connectivity index (χ0n) is 10.4. The van der Waals surface area contributed by atoms with Crippen molar-refractivity contribution < 1.29 is 4.79 Å². The summed E-state index contributed by atoms with van der Waals surface area (Å²) in [7, 11) is 1.81. The minimum absolute atomic E-state index is 0.114. The Morgan fingerprint density at radius 2 is 2.38 bits per heavy atom. The van der Waals surface area contributed by atoms with Crippen molar-refractivity contribution in [2.45, 2.75) is 33.4 Å². The molecule has 0 bridgehead atoms. The Morgan fingerprint density at radius 3 is 2.88 bits per heavy atom. The van der Waals surface area contributed by atoms with Crippen molar-refractivity contribution in [2.75, 3.05) is 13.6 Å². The van der Waals surface area contributed by atoms with Gasteiger partial charge < -0.3 is 10.2 Å². The topological polar surface area (TPSA) is 61.0 Å². The molecule has 0 spiro atoms. The second kappa shape index (κ2) is 5.65. The second-order valence-electron chi connectivity index (χ2n) is 3.98. The van der Waals surface area contributed by atoms with Crippen LogP contribution in [0.15, 0.2) is 6.20 Å². The summed E-state index contributed by atoms with van der Waals surface area (Å²) in [6, 6.07) is -0.167. The number of aryl methyl sites for hydroxylation is 1. The number of rotatable bonds is 5. The van der Waals surface area contributed by atoms with E-state index in [1.165, 1.54) is 0 Å². The molecular weight excluding hydrogens is 204 g/mol. The van der Waals surface area contributed by atoms with Crippen molar-refractivity contribution in [3.05, 3.63) is 17.5 Å². The third kappa shape index (κ3) is 3.06. The molecule has 0 saturated heterocycles.